The summed E-state index contributed by atoms with van der Waals surface area (Å²) in [5, 5.41) is 15.5. The molecule has 0 radical (unpaired) electrons. The van der Waals surface area contributed by atoms with Crippen molar-refractivity contribution in [1.29, 1.82) is 0 Å². The zero-order valence-corrected chi connectivity index (χ0v) is 12.1. The molecular weight excluding hydrogens is 260 g/mol. The highest BCUT2D eigenvalue weighted by atomic mass is 32.2. The number of aliphatic hydroxyl groups is 1. The Hall–Kier alpha value is -1.20. The molecule has 0 bridgehead atoms. The van der Waals surface area contributed by atoms with Gasteiger partial charge in [-0.2, -0.15) is 11.8 Å². The first kappa shape index (κ1) is 14.2. The van der Waals surface area contributed by atoms with E-state index in [0.29, 0.717) is 5.56 Å². The van der Waals surface area contributed by atoms with Gasteiger partial charge in [0.2, 0.25) is 0 Å². The van der Waals surface area contributed by atoms with Crippen LogP contribution in [-0.2, 0) is 6.42 Å². The lowest BCUT2D eigenvalue weighted by Crippen LogP contribution is -2.41. The Morgan fingerprint density at radius 2 is 2.37 bits per heavy atom. The summed E-state index contributed by atoms with van der Waals surface area (Å²) in [6.45, 7) is 2.93. The highest BCUT2D eigenvalue weighted by Gasteiger charge is 2.19. The first-order chi connectivity index (χ1) is 9.15. The molecule has 1 aliphatic heterocycles. The number of hydrogen-bond acceptors (Lipinski definition) is 4. The first-order valence-corrected chi connectivity index (χ1v) is 7.75. The van der Waals surface area contributed by atoms with Gasteiger partial charge >= 0.3 is 0 Å². The number of benzene rings is 1. The van der Waals surface area contributed by atoms with Crippen LogP contribution in [0.4, 0.5) is 5.69 Å². The van der Waals surface area contributed by atoms with E-state index in [2.05, 4.69) is 10.6 Å². The van der Waals surface area contributed by atoms with E-state index >= 15 is 0 Å². The molecule has 2 unspecified atom stereocenters. The summed E-state index contributed by atoms with van der Waals surface area (Å²) in [6.07, 6.45) is 2.90. The molecule has 3 N–H and O–H groups in total. The van der Waals surface area contributed by atoms with E-state index in [9.17, 15) is 9.90 Å². The maximum atomic E-state index is 12.2. The fourth-order valence-electron chi connectivity index (χ4n) is 2.27. The molecule has 1 aromatic rings. The Balaban J connectivity index is 2.04. The minimum absolute atomic E-state index is 0.0278. The molecule has 0 aromatic heterocycles. The number of nitrogens with one attached hydrogen (secondary N) is 2. The van der Waals surface area contributed by atoms with Crippen molar-refractivity contribution in [2.24, 2.45) is 0 Å². The van der Waals surface area contributed by atoms with Gasteiger partial charge in [-0.05, 0) is 43.4 Å². The number of amides is 1. The second-order valence-corrected chi connectivity index (χ2v) is 5.84. The molecule has 2 atom stereocenters. The van der Waals surface area contributed by atoms with Crippen molar-refractivity contribution in [3.8, 4) is 0 Å². The third-order valence-corrected chi connectivity index (χ3v) is 4.64. The van der Waals surface area contributed by atoms with E-state index in [-0.39, 0.29) is 23.8 Å². The number of aliphatic hydroxyl groups excluding tert-OH is 1. The maximum absolute atomic E-state index is 12.2. The Bertz CT molecular complexity index is 461. The zero-order chi connectivity index (χ0) is 13.8. The van der Waals surface area contributed by atoms with Crippen LogP contribution in [0.25, 0.3) is 0 Å². The van der Waals surface area contributed by atoms with Crippen molar-refractivity contribution < 1.29 is 9.90 Å². The van der Waals surface area contributed by atoms with E-state index in [0.717, 1.165) is 18.7 Å². The van der Waals surface area contributed by atoms with Crippen LogP contribution in [0.3, 0.4) is 0 Å². The lowest BCUT2D eigenvalue weighted by atomic mass is 10.1. The van der Waals surface area contributed by atoms with Crippen molar-refractivity contribution in [2.75, 3.05) is 24.7 Å². The SMILES string of the molecule is CSC(CO)C(C)NC(=O)c1ccc2c(c1)CCN2. The molecule has 0 saturated carbocycles. The second kappa shape index (κ2) is 6.30. The smallest absolute Gasteiger partial charge is 0.251 e. The van der Waals surface area contributed by atoms with Gasteiger partial charge in [0.1, 0.15) is 0 Å². The highest BCUT2D eigenvalue weighted by Crippen LogP contribution is 2.23. The minimum atomic E-state index is -0.0744. The van der Waals surface area contributed by atoms with Crippen LogP contribution in [0.5, 0.6) is 0 Å². The van der Waals surface area contributed by atoms with Crippen molar-refractivity contribution in [2.45, 2.75) is 24.6 Å². The summed E-state index contributed by atoms with van der Waals surface area (Å²) in [4.78, 5) is 12.2. The zero-order valence-electron chi connectivity index (χ0n) is 11.3. The Morgan fingerprint density at radius 1 is 1.58 bits per heavy atom. The Morgan fingerprint density at radius 3 is 3.05 bits per heavy atom. The van der Waals surface area contributed by atoms with Crippen LogP contribution in [0.1, 0.15) is 22.8 Å². The molecule has 0 spiro atoms. The lowest BCUT2D eigenvalue weighted by molar-refractivity contribution is 0.0936. The highest BCUT2D eigenvalue weighted by molar-refractivity contribution is 7.99. The minimum Gasteiger partial charge on any atom is -0.395 e. The van der Waals surface area contributed by atoms with Crippen LogP contribution in [0.2, 0.25) is 0 Å². The number of thioether (sulfide) groups is 1. The Labute approximate surface area is 118 Å². The summed E-state index contributed by atoms with van der Waals surface area (Å²) in [5.41, 5.74) is 3.01. The number of hydrogen-bond donors (Lipinski definition) is 3. The Kier molecular flexibility index (Phi) is 4.71. The normalized spacial score (nSPS) is 16.4. The summed E-state index contributed by atoms with van der Waals surface area (Å²) in [7, 11) is 0. The van der Waals surface area contributed by atoms with Gasteiger partial charge in [0.05, 0.1) is 6.61 Å². The van der Waals surface area contributed by atoms with Crippen molar-refractivity contribution in [3.05, 3.63) is 29.3 Å². The van der Waals surface area contributed by atoms with Crippen molar-refractivity contribution in [3.63, 3.8) is 0 Å². The molecule has 0 saturated heterocycles. The fraction of sp³-hybridized carbons (Fsp3) is 0.500. The number of carbonyl (C=O) groups is 1. The number of carbonyl (C=O) groups excluding carboxylic acids is 1. The summed E-state index contributed by atoms with van der Waals surface area (Å²) < 4.78 is 0. The average molecular weight is 280 g/mol. The van der Waals surface area contributed by atoms with Crippen LogP contribution in [0.15, 0.2) is 18.2 Å². The fourth-order valence-corrected chi connectivity index (χ4v) is 2.89. The number of rotatable bonds is 5. The topological polar surface area (TPSA) is 61.4 Å². The van der Waals surface area contributed by atoms with E-state index < -0.39 is 0 Å². The van der Waals surface area contributed by atoms with Gasteiger partial charge in [-0.3, -0.25) is 4.79 Å². The molecule has 19 heavy (non-hydrogen) atoms. The monoisotopic (exact) mass is 280 g/mol. The maximum Gasteiger partial charge on any atom is 0.251 e. The number of anilines is 1. The summed E-state index contributed by atoms with van der Waals surface area (Å²) in [5.74, 6) is -0.0744. The third-order valence-electron chi connectivity index (χ3n) is 3.48. The molecule has 0 fully saturated rings. The van der Waals surface area contributed by atoms with E-state index in [1.807, 2.05) is 31.4 Å². The predicted molar refractivity (Wildman–Crippen MR) is 80.0 cm³/mol. The van der Waals surface area contributed by atoms with Crippen LogP contribution < -0.4 is 10.6 Å². The largest absolute Gasteiger partial charge is 0.395 e. The average Bonchev–Trinajstić information content (AvgIpc) is 2.87. The van der Waals surface area contributed by atoms with Crippen LogP contribution >= 0.6 is 11.8 Å². The summed E-state index contributed by atoms with van der Waals surface area (Å²) in [6, 6.07) is 5.69. The van der Waals surface area contributed by atoms with Crippen LogP contribution in [-0.4, -0.2) is 41.7 Å². The van der Waals surface area contributed by atoms with Crippen molar-refractivity contribution >= 4 is 23.4 Å². The summed E-state index contributed by atoms with van der Waals surface area (Å²) >= 11 is 1.56. The standard InChI is InChI=1S/C14H20N2O2S/c1-9(13(8-17)19-2)16-14(18)11-3-4-12-10(7-11)5-6-15-12/h3-4,7,9,13,15,17H,5-6,8H2,1-2H3,(H,16,18). The third kappa shape index (κ3) is 3.22. The van der Waals surface area contributed by atoms with Gasteiger partial charge in [-0.25, -0.2) is 0 Å². The molecule has 2 rings (SSSR count). The van der Waals surface area contributed by atoms with E-state index in [1.54, 1.807) is 11.8 Å². The predicted octanol–water partition coefficient (Wildman–Crippen LogP) is 1.50. The molecule has 1 heterocycles. The molecule has 1 aromatic carbocycles. The van der Waals surface area contributed by atoms with Gasteiger partial charge < -0.3 is 15.7 Å². The van der Waals surface area contributed by atoms with Gasteiger partial charge in [0, 0.05) is 29.1 Å². The van der Waals surface area contributed by atoms with Gasteiger partial charge in [-0.1, -0.05) is 0 Å². The molecule has 5 heteroatoms. The molecule has 1 aliphatic rings. The van der Waals surface area contributed by atoms with Gasteiger partial charge in [0.15, 0.2) is 0 Å². The second-order valence-electron chi connectivity index (χ2n) is 4.77. The molecule has 1 amide bonds. The van der Waals surface area contributed by atoms with Gasteiger partial charge in [0.25, 0.3) is 5.91 Å². The number of fused-ring (bicyclic) bond motifs is 1. The van der Waals surface area contributed by atoms with E-state index in [4.69, 9.17) is 0 Å². The molecule has 0 aliphatic carbocycles. The molecule has 104 valence electrons. The van der Waals surface area contributed by atoms with Crippen LogP contribution in [0, 0.1) is 0 Å². The van der Waals surface area contributed by atoms with E-state index in [1.165, 1.54) is 5.56 Å². The van der Waals surface area contributed by atoms with Gasteiger partial charge in [-0.15, -0.1) is 0 Å². The molecular formula is C14H20N2O2S. The molecule has 4 nitrogen and oxygen atoms in total. The lowest BCUT2D eigenvalue weighted by Gasteiger charge is -2.21. The quantitative estimate of drug-likeness (QED) is 0.765. The first-order valence-electron chi connectivity index (χ1n) is 6.47. The van der Waals surface area contributed by atoms with Crippen molar-refractivity contribution in [1.82, 2.24) is 5.32 Å².